The molecular formula is C51H31N3OS. The second kappa shape index (κ2) is 13.3. The maximum Gasteiger partial charge on any atom is 0.164 e. The summed E-state index contributed by atoms with van der Waals surface area (Å²) in [6, 6.07) is 65.7. The first kappa shape index (κ1) is 32.2. The lowest BCUT2D eigenvalue weighted by molar-refractivity contribution is 0.669. The molecule has 0 N–H and O–H groups in total. The van der Waals surface area contributed by atoms with Crippen molar-refractivity contribution in [3.63, 3.8) is 0 Å². The van der Waals surface area contributed by atoms with Crippen LogP contribution in [0.1, 0.15) is 0 Å². The van der Waals surface area contributed by atoms with Crippen molar-refractivity contribution in [1.29, 1.82) is 0 Å². The zero-order valence-electron chi connectivity index (χ0n) is 30.1. The lowest BCUT2D eigenvalue weighted by atomic mass is 9.92. The maximum atomic E-state index is 6.30. The quantitative estimate of drug-likeness (QED) is 0.171. The van der Waals surface area contributed by atoms with E-state index in [0.29, 0.717) is 17.5 Å². The second-order valence-corrected chi connectivity index (χ2v) is 15.0. The van der Waals surface area contributed by atoms with Gasteiger partial charge in [-0.25, -0.2) is 15.0 Å². The third kappa shape index (κ3) is 5.56. The fourth-order valence-electron chi connectivity index (χ4n) is 7.80. The summed E-state index contributed by atoms with van der Waals surface area (Å²) in [4.78, 5) is 15.5. The Morgan fingerprint density at radius 2 is 0.875 bits per heavy atom. The van der Waals surface area contributed by atoms with Gasteiger partial charge in [0.25, 0.3) is 0 Å². The fourth-order valence-corrected chi connectivity index (χ4v) is 9.03. The molecule has 0 aliphatic carbocycles. The normalized spacial score (nSPS) is 11.6. The van der Waals surface area contributed by atoms with Gasteiger partial charge in [0, 0.05) is 53.2 Å². The SMILES string of the molecule is c1ccc(-c2ccc(-c3nc(-c4ccc(-c5cccc6c5sc5ccccc56)c(-c5ccccc5)c4)nc(-c4ccc5c(c4)oc4ccccc45)n3)cc2)cc1. The number of para-hydroxylation sites is 1. The smallest absolute Gasteiger partial charge is 0.164 e. The molecule has 0 unspecified atom stereocenters. The summed E-state index contributed by atoms with van der Waals surface area (Å²) < 4.78 is 8.87. The van der Waals surface area contributed by atoms with Gasteiger partial charge in [-0.05, 0) is 58.1 Å². The van der Waals surface area contributed by atoms with Crippen LogP contribution in [0.3, 0.4) is 0 Å². The van der Waals surface area contributed by atoms with Crippen LogP contribution >= 0.6 is 11.3 Å². The summed E-state index contributed by atoms with van der Waals surface area (Å²) in [6.45, 7) is 0. The molecule has 11 aromatic rings. The molecule has 0 saturated carbocycles. The summed E-state index contributed by atoms with van der Waals surface area (Å²) in [5, 5.41) is 4.71. The second-order valence-electron chi connectivity index (χ2n) is 14.0. The van der Waals surface area contributed by atoms with Gasteiger partial charge in [-0.1, -0.05) is 158 Å². The lowest BCUT2D eigenvalue weighted by Crippen LogP contribution is -2.00. The highest BCUT2D eigenvalue weighted by Crippen LogP contribution is 2.44. The average molecular weight is 734 g/mol. The Morgan fingerprint density at radius 3 is 1.66 bits per heavy atom. The first-order valence-corrected chi connectivity index (χ1v) is 19.5. The molecule has 0 saturated heterocycles. The molecule has 0 fully saturated rings. The largest absolute Gasteiger partial charge is 0.456 e. The van der Waals surface area contributed by atoms with E-state index < -0.39 is 0 Å². The number of rotatable bonds is 6. The molecule has 0 atom stereocenters. The third-order valence-corrected chi connectivity index (χ3v) is 11.8. The van der Waals surface area contributed by atoms with Gasteiger partial charge in [0.15, 0.2) is 17.5 Å². The Bertz CT molecular complexity index is 3240. The van der Waals surface area contributed by atoms with Crippen molar-refractivity contribution in [2.75, 3.05) is 0 Å². The van der Waals surface area contributed by atoms with E-state index in [1.165, 1.54) is 31.3 Å². The number of hydrogen-bond acceptors (Lipinski definition) is 5. The van der Waals surface area contributed by atoms with Gasteiger partial charge in [-0.3, -0.25) is 0 Å². The Hall–Kier alpha value is -7.21. The van der Waals surface area contributed by atoms with Crippen molar-refractivity contribution in [3.05, 3.63) is 188 Å². The first-order valence-electron chi connectivity index (χ1n) is 18.7. The Labute approximate surface area is 327 Å². The number of aromatic nitrogens is 3. The Balaban J connectivity index is 1.10. The Kier molecular flexibility index (Phi) is 7.64. The molecule has 3 heterocycles. The molecule has 0 spiro atoms. The van der Waals surface area contributed by atoms with Gasteiger partial charge in [0.05, 0.1) is 0 Å². The summed E-state index contributed by atoms with van der Waals surface area (Å²) in [6.07, 6.45) is 0. The molecule has 0 bridgehead atoms. The summed E-state index contributed by atoms with van der Waals surface area (Å²) in [7, 11) is 0. The minimum absolute atomic E-state index is 0.583. The topological polar surface area (TPSA) is 51.8 Å². The molecular weight excluding hydrogens is 703 g/mol. The average Bonchev–Trinajstić information content (AvgIpc) is 3.85. The molecule has 0 aliphatic heterocycles. The maximum absolute atomic E-state index is 6.30. The molecule has 0 radical (unpaired) electrons. The van der Waals surface area contributed by atoms with Crippen LogP contribution in [-0.2, 0) is 0 Å². The van der Waals surface area contributed by atoms with Crippen molar-refractivity contribution >= 4 is 53.4 Å². The van der Waals surface area contributed by atoms with Gasteiger partial charge in [0.2, 0.25) is 0 Å². The number of furan rings is 1. The number of hydrogen-bond donors (Lipinski definition) is 0. The van der Waals surface area contributed by atoms with Gasteiger partial charge < -0.3 is 4.42 Å². The predicted octanol–water partition coefficient (Wildman–Crippen LogP) is 14.1. The monoisotopic (exact) mass is 733 g/mol. The van der Waals surface area contributed by atoms with Crippen molar-refractivity contribution in [3.8, 4) is 67.5 Å². The highest BCUT2D eigenvalue weighted by Gasteiger charge is 2.19. The fraction of sp³-hybridized carbons (Fsp3) is 0. The molecule has 56 heavy (non-hydrogen) atoms. The zero-order valence-corrected chi connectivity index (χ0v) is 30.9. The van der Waals surface area contributed by atoms with Crippen LogP contribution in [0.15, 0.2) is 192 Å². The minimum atomic E-state index is 0.583. The van der Waals surface area contributed by atoms with Crippen molar-refractivity contribution in [2.24, 2.45) is 0 Å². The third-order valence-electron chi connectivity index (χ3n) is 10.6. The van der Waals surface area contributed by atoms with E-state index in [4.69, 9.17) is 19.4 Å². The van der Waals surface area contributed by atoms with E-state index in [2.05, 4.69) is 158 Å². The van der Waals surface area contributed by atoms with Gasteiger partial charge >= 0.3 is 0 Å². The van der Waals surface area contributed by atoms with Crippen LogP contribution in [-0.4, -0.2) is 15.0 Å². The van der Waals surface area contributed by atoms with E-state index in [9.17, 15) is 0 Å². The molecule has 0 amide bonds. The minimum Gasteiger partial charge on any atom is -0.456 e. The number of nitrogens with zero attached hydrogens (tertiary/aromatic N) is 3. The first-order chi connectivity index (χ1) is 27.7. The Morgan fingerprint density at radius 1 is 0.321 bits per heavy atom. The van der Waals surface area contributed by atoms with E-state index in [1.807, 2.05) is 41.7 Å². The molecule has 8 aromatic carbocycles. The number of benzene rings is 8. The van der Waals surface area contributed by atoms with Crippen molar-refractivity contribution < 1.29 is 4.42 Å². The van der Waals surface area contributed by atoms with E-state index in [-0.39, 0.29) is 0 Å². The van der Waals surface area contributed by atoms with E-state index >= 15 is 0 Å². The summed E-state index contributed by atoms with van der Waals surface area (Å²) >= 11 is 1.85. The van der Waals surface area contributed by atoms with Crippen LogP contribution in [0.5, 0.6) is 0 Å². The van der Waals surface area contributed by atoms with E-state index in [1.54, 1.807) is 0 Å². The molecule has 0 aliphatic rings. The predicted molar refractivity (Wildman–Crippen MR) is 233 cm³/mol. The summed E-state index contributed by atoms with van der Waals surface area (Å²) in [5.74, 6) is 1.79. The molecule has 5 heteroatoms. The molecule has 262 valence electrons. The van der Waals surface area contributed by atoms with Crippen LogP contribution in [0.4, 0.5) is 0 Å². The number of thiophene rings is 1. The van der Waals surface area contributed by atoms with Gasteiger partial charge in [-0.15, -0.1) is 11.3 Å². The van der Waals surface area contributed by atoms with Crippen LogP contribution < -0.4 is 0 Å². The molecule has 3 aromatic heterocycles. The lowest BCUT2D eigenvalue weighted by Gasteiger charge is -2.14. The highest BCUT2D eigenvalue weighted by molar-refractivity contribution is 7.26. The summed E-state index contributed by atoms with van der Waals surface area (Å²) in [5.41, 5.74) is 11.3. The van der Waals surface area contributed by atoms with Crippen LogP contribution in [0, 0.1) is 0 Å². The van der Waals surface area contributed by atoms with Crippen molar-refractivity contribution in [1.82, 2.24) is 15.0 Å². The zero-order chi connectivity index (χ0) is 37.0. The van der Waals surface area contributed by atoms with Crippen LogP contribution in [0.2, 0.25) is 0 Å². The standard InChI is InChI=1S/C51H31N3OS/c1-3-12-32(13-4-1)33-22-24-35(25-23-33)49-52-50(54-51(53-49)37-27-29-40-39-16-7-9-20-45(39)55-46(40)31-37)36-26-28-38(44(30-36)34-14-5-2-6-15-34)42-18-11-19-43-41-17-8-10-21-47(41)56-48(42)43/h1-31H. The number of fused-ring (bicyclic) bond motifs is 6. The van der Waals surface area contributed by atoms with Gasteiger partial charge in [-0.2, -0.15) is 0 Å². The van der Waals surface area contributed by atoms with Gasteiger partial charge in [0.1, 0.15) is 11.2 Å². The highest BCUT2D eigenvalue weighted by atomic mass is 32.1. The van der Waals surface area contributed by atoms with E-state index in [0.717, 1.165) is 60.9 Å². The van der Waals surface area contributed by atoms with Crippen LogP contribution in [0.25, 0.3) is 110 Å². The van der Waals surface area contributed by atoms with Crippen molar-refractivity contribution in [2.45, 2.75) is 0 Å². The molecule has 4 nitrogen and oxygen atoms in total. The molecule has 11 rings (SSSR count).